The number of alkyl halides is 1. The second kappa shape index (κ2) is 10.1. The van der Waals surface area contributed by atoms with E-state index in [0.29, 0.717) is 5.82 Å². The van der Waals surface area contributed by atoms with Gasteiger partial charge in [-0.05, 0) is 32.9 Å². The van der Waals surface area contributed by atoms with Gasteiger partial charge in [0, 0.05) is 25.7 Å². The highest BCUT2D eigenvalue weighted by Crippen LogP contribution is 2.20. The van der Waals surface area contributed by atoms with E-state index >= 15 is 0 Å². The summed E-state index contributed by atoms with van der Waals surface area (Å²) in [6.45, 7) is 4.89. The van der Waals surface area contributed by atoms with E-state index in [0.717, 1.165) is 4.90 Å². The van der Waals surface area contributed by atoms with E-state index in [1.807, 2.05) is 6.07 Å². The molecule has 0 spiro atoms. The van der Waals surface area contributed by atoms with Crippen molar-refractivity contribution in [2.75, 3.05) is 31.5 Å². The lowest BCUT2D eigenvalue weighted by atomic mass is 10.2. The molecule has 0 radical (unpaired) electrons. The summed E-state index contributed by atoms with van der Waals surface area (Å²) in [5, 5.41) is 12.1. The van der Waals surface area contributed by atoms with Gasteiger partial charge in [0.2, 0.25) is 11.8 Å². The summed E-state index contributed by atoms with van der Waals surface area (Å²) >= 11 is 0. The molecule has 0 unspecified atom stereocenters. The van der Waals surface area contributed by atoms with Crippen LogP contribution in [0.1, 0.15) is 37.6 Å². The van der Waals surface area contributed by atoms with Crippen molar-refractivity contribution in [1.82, 2.24) is 14.8 Å². The van der Waals surface area contributed by atoms with E-state index in [-0.39, 0.29) is 38.2 Å². The molecular formula is C20H27FN6O4. The first-order valence-electron chi connectivity index (χ1n) is 9.81. The van der Waals surface area contributed by atoms with Crippen molar-refractivity contribution in [3.05, 3.63) is 23.9 Å². The first-order valence-corrected chi connectivity index (χ1v) is 9.81. The predicted molar refractivity (Wildman–Crippen MR) is 110 cm³/mol. The van der Waals surface area contributed by atoms with Gasteiger partial charge < -0.3 is 20.7 Å². The Hall–Kier alpha value is -3.42. The van der Waals surface area contributed by atoms with Gasteiger partial charge in [-0.15, -0.1) is 0 Å². The molecule has 3 amide bonds. The van der Waals surface area contributed by atoms with E-state index in [4.69, 9.17) is 15.7 Å². The Balaban J connectivity index is 2.02. The first kappa shape index (κ1) is 23.9. The van der Waals surface area contributed by atoms with Crippen molar-refractivity contribution >= 4 is 23.7 Å². The van der Waals surface area contributed by atoms with Crippen molar-refractivity contribution in [3.8, 4) is 6.07 Å². The maximum atomic E-state index is 13.7. The fourth-order valence-electron chi connectivity index (χ4n) is 2.96. The summed E-state index contributed by atoms with van der Waals surface area (Å²) in [6.07, 6.45) is -0.685. The average Bonchev–Trinajstić information content (AvgIpc) is 3.07. The summed E-state index contributed by atoms with van der Waals surface area (Å²) in [4.78, 5) is 42.7. The number of pyridine rings is 1. The summed E-state index contributed by atoms with van der Waals surface area (Å²) in [7, 11) is 0. The van der Waals surface area contributed by atoms with Crippen molar-refractivity contribution in [2.45, 2.75) is 45.0 Å². The zero-order chi connectivity index (χ0) is 23.2. The number of ether oxygens (including phenoxy) is 1. The molecule has 2 rings (SSSR count). The van der Waals surface area contributed by atoms with E-state index in [1.54, 1.807) is 26.8 Å². The van der Waals surface area contributed by atoms with Gasteiger partial charge in [0.25, 0.3) is 0 Å². The number of carbonyl (C=O) groups excluding carboxylic acids is 3. The number of carbonyl (C=O) groups is 3. The molecule has 0 saturated carbocycles. The molecule has 0 aromatic carbocycles. The molecule has 1 fully saturated rings. The monoisotopic (exact) mass is 434 g/mol. The quantitative estimate of drug-likeness (QED) is 0.658. The molecule has 11 heteroatoms. The first-order chi connectivity index (χ1) is 14.5. The Morgan fingerprint density at radius 2 is 2.13 bits per heavy atom. The fourth-order valence-corrected chi connectivity index (χ4v) is 2.96. The molecule has 2 heterocycles. The highest BCUT2D eigenvalue weighted by Gasteiger charge is 2.36. The second-order valence-corrected chi connectivity index (χ2v) is 8.15. The number of rotatable bonds is 7. The van der Waals surface area contributed by atoms with Crippen molar-refractivity contribution in [3.63, 3.8) is 0 Å². The van der Waals surface area contributed by atoms with Crippen molar-refractivity contribution in [2.24, 2.45) is 5.73 Å². The van der Waals surface area contributed by atoms with Crippen LogP contribution in [0.2, 0.25) is 0 Å². The maximum absolute atomic E-state index is 13.7. The molecule has 3 N–H and O–H groups in total. The van der Waals surface area contributed by atoms with Crippen LogP contribution >= 0.6 is 0 Å². The van der Waals surface area contributed by atoms with Crippen LogP contribution in [-0.4, -0.2) is 76.7 Å². The van der Waals surface area contributed by atoms with Crippen LogP contribution in [0.25, 0.3) is 0 Å². The van der Waals surface area contributed by atoms with Gasteiger partial charge >= 0.3 is 6.09 Å². The predicted octanol–water partition coefficient (Wildman–Crippen LogP) is 1.29. The Morgan fingerprint density at radius 1 is 1.42 bits per heavy atom. The van der Waals surface area contributed by atoms with Gasteiger partial charge in [0.15, 0.2) is 0 Å². The van der Waals surface area contributed by atoms with Crippen LogP contribution in [0, 0.1) is 11.3 Å². The molecule has 31 heavy (non-hydrogen) atoms. The fraction of sp³-hybridized carbons (Fsp3) is 0.550. The highest BCUT2D eigenvalue weighted by atomic mass is 19.1. The smallest absolute Gasteiger partial charge is 0.410 e. The number of hydrogen-bond donors (Lipinski definition) is 2. The van der Waals surface area contributed by atoms with Crippen LogP contribution in [0.3, 0.4) is 0 Å². The lowest BCUT2D eigenvalue weighted by Crippen LogP contribution is -2.47. The Morgan fingerprint density at radius 3 is 2.68 bits per heavy atom. The van der Waals surface area contributed by atoms with E-state index in [9.17, 15) is 18.8 Å². The highest BCUT2D eigenvalue weighted by molar-refractivity contribution is 5.92. The zero-order valence-electron chi connectivity index (χ0n) is 17.8. The number of likely N-dealkylation sites (tertiary alicyclic amines) is 1. The Bertz CT molecular complexity index is 849. The lowest BCUT2D eigenvalue weighted by molar-refractivity contribution is -0.132. The maximum Gasteiger partial charge on any atom is 0.410 e. The van der Waals surface area contributed by atoms with Gasteiger partial charge in [0.05, 0.1) is 18.2 Å². The van der Waals surface area contributed by atoms with Gasteiger partial charge in [-0.2, -0.15) is 5.26 Å². The number of nitriles is 1. The van der Waals surface area contributed by atoms with E-state index in [2.05, 4.69) is 10.3 Å². The minimum absolute atomic E-state index is 0.0385. The minimum atomic E-state index is -1.26. The summed E-state index contributed by atoms with van der Waals surface area (Å²) < 4.78 is 19.0. The molecule has 1 aliphatic rings. The van der Waals surface area contributed by atoms with Crippen LogP contribution in [0.15, 0.2) is 18.3 Å². The molecule has 1 aliphatic heterocycles. The molecule has 2 atom stereocenters. The summed E-state index contributed by atoms with van der Waals surface area (Å²) in [6, 6.07) is 4.14. The number of primary amides is 1. The van der Waals surface area contributed by atoms with Gasteiger partial charge in [0.1, 0.15) is 30.2 Å². The summed E-state index contributed by atoms with van der Waals surface area (Å²) in [5.41, 5.74) is 4.66. The molecular weight excluding hydrogens is 407 g/mol. The molecule has 10 nitrogen and oxygen atoms in total. The van der Waals surface area contributed by atoms with Crippen LogP contribution < -0.4 is 11.1 Å². The normalized spacial score (nSPS) is 18.2. The standard InChI is InChI=1S/C20H27FN6O4/c1-20(2,3)31-19(30)26(12-17(28)27-11-14(21)8-15(27)9-22)7-6-24-16-5-4-13(10-25-16)18(23)29/h4-5,10,14-15H,6-8,11-12H2,1-3H3,(H2,23,29)(H,24,25)/t14-,15-/m0/s1. The molecule has 0 aliphatic carbocycles. The van der Waals surface area contributed by atoms with Gasteiger partial charge in [-0.1, -0.05) is 0 Å². The van der Waals surface area contributed by atoms with E-state index < -0.39 is 35.7 Å². The van der Waals surface area contributed by atoms with Crippen molar-refractivity contribution < 1.29 is 23.5 Å². The third-order valence-corrected chi connectivity index (χ3v) is 4.43. The molecule has 1 saturated heterocycles. The SMILES string of the molecule is CC(C)(C)OC(=O)N(CCNc1ccc(C(N)=O)cn1)CC(=O)N1C[C@@H](F)C[C@H]1C#N. The van der Waals surface area contributed by atoms with Crippen LogP contribution in [0.5, 0.6) is 0 Å². The molecule has 1 aromatic rings. The minimum Gasteiger partial charge on any atom is -0.444 e. The number of anilines is 1. The molecule has 1 aromatic heterocycles. The third-order valence-electron chi connectivity index (χ3n) is 4.43. The number of hydrogen-bond acceptors (Lipinski definition) is 7. The average molecular weight is 434 g/mol. The van der Waals surface area contributed by atoms with Crippen molar-refractivity contribution in [1.29, 1.82) is 5.26 Å². The number of amides is 3. The number of nitrogens with one attached hydrogen (secondary N) is 1. The Labute approximate surface area is 180 Å². The van der Waals surface area contributed by atoms with Crippen LogP contribution in [-0.2, 0) is 9.53 Å². The Kier molecular flexibility index (Phi) is 7.74. The van der Waals surface area contributed by atoms with E-state index in [1.165, 1.54) is 17.2 Å². The second-order valence-electron chi connectivity index (χ2n) is 8.15. The number of nitrogens with two attached hydrogens (primary N) is 1. The largest absolute Gasteiger partial charge is 0.444 e. The topological polar surface area (TPSA) is 142 Å². The number of nitrogens with zero attached hydrogens (tertiary/aromatic N) is 4. The summed E-state index contributed by atoms with van der Waals surface area (Å²) in [5.74, 6) is -0.673. The van der Waals surface area contributed by atoms with Gasteiger partial charge in [-0.3, -0.25) is 14.5 Å². The zero-order valence-corrected chi connectivity index (χ0v) is 17.8. The molecule has 168 valence electrons. The number of halogens is 1. The van der Waals surface area contributed by atoms with Crippen LogP contribution in [0.4, 0.5) is 15.0 Å². The molecule has 0 bridgehead atoms. The lowest BCUT2D eigenvalue weighted by Gasteiger charge is -2.29. The third kappa shape index (κ3) is 7.09. The number of aromatic nitrogens is 1. The van der Waals surface area contributed by atoms with Gasteiger partial charge in [-0.25, -0.2) is 14.2 Å².